The van der Waals surface area contributed by atoms with Crippen molar-refractivity contribution in [2.24, 2.45) is 0 Å². The SMILES string of the molecule is CCCC[C@H]1C(=O)N(C)CCN1C(=O)c1cc(-c2ccc(OC)cc2)n[nH]1. The van der Waals surface area contributed by atoms with Crippen molar-refractivity contribution in [3.63, 3.8) is 0 Å². The number of aromatic amines is 1. The average molecular weight is 370 g/mol. The van der Waals surface area contributed by atoms with Gasteiger partial charge in [-0.25, -0.2) is 0 Å². The van der Waals surface area contributed by atoms with E-state index in [1.165, 1.54) is 0 Å². The van der Waals surface area contributed by atoms with Crippen molar-refractivity contribution in [1.82, 2.24) is 20.0 Å². The van der Waals surface area contributed by atoms with Crippen LogP contribution in [0, 0.1) is 0 Å². The van der Waals surface area contributed by atoms with Crippen LogP contribution < -0.4 is 4.74 Å². The van der Waals surface area contributed by atoms with Gasteiger partial charge < -0.3 is 14.5 Å². The molecule has 0 radical (unpaired) electrons. The Hall–Kier alpha value is -2.83. The van der Waals surface area contributed by atoms with Gasteiger partial charge in [0.2, 0.25) is 5.91 Å². The van der Waals surface area contributed by atoms with Crippen molar-refractivity contribution in [3.05, 3.63) is 36.0 Å². The lowest BCUT2D eigenvalue weighted by molar-refractivity contribution is -0.138. The number of hydrogen-bond acceptors (Lipinski definition) is 4. The Labute approximate surface area is 159 Å². The highest BCUT2D eigenvalue weighted by Crippen LogP contribution is 2.23. The molecule has 1 fully saturated rings. The summed E-state index contributed by atoms with van der Waals surface area (Å²) in [7, 11) is 3.41. The van der Waals surface area contributed by atoms with Crippen LogP contribution in [0.1, 0.15) is 36.7 Å². The Morgan fingerprint density at radius 3 is 2.70 bits per heavy atom. The average Bonchev–Trinajstić information content (AvgIpc) is 3.19. The number of piperazine rings is 1. The summed E-state index contributed by atoms with van der Waals surface area (Å²) in [6, 6.07) is 8.84. The summed E-state index contributed by atoms with van der Waals surface area (Å²) in [5.41, 5.74) is 1.98. The fraction of sp³-hybridized carbons (Fsp3) is 0.450. The number of hydrogen-bond donors (Lipinski definition) is 1. The van der Waals surface area contributed by atoms with Crippen LogP contribution in [-0.4, -0.2) is 65.1 Å². The lowest BCUT2D eigenvalue weighted by atomic mass is 10.0. The van der Waals surface area contributed by atoms with Gasteiger partial charge in [-0.05, 0) is 36.8 Å². The van der Waals surface area contributed by atoms with Crippen LogP contribution in [0.2, 0.25) is 0 Å². The molecule has 0 unspecified atom stereocenters. The van der Waals surface area contributed by atoms with Gasteiger partial charge in [-0.2, -0.15) is 5.10 Å². The first kappa shape index (κ1) is 18.9. The van der Waals surface area contributed by atoms with Crippen LogP contribution in [-0.2, 0) is 4.79 Å². The second kappa shape index (κ2) is 8.24. The maximum atomic E-state index is 13.0. The number of carbonyl (C=O) groups is 2. The molecule has 2 heterocycles. The maximum absolute atomic E-state index is 13.0. The number of ether oxygens (including phenoxy) is 1. The Bertz CT molecular complexity index is 800. The normalized spacial score (nSPS) is 17.3. The van der Waals surface area contributed by atoms with E-state index < -0.39 is 6.04 Å². The zero-order valence-electron chi connectivity index (χ0n) is 16.1. The number of likely N-dealkylation sites (N-methyl/N-ethyl adjacent to an activating group) is 1. The van der Waals surface area contributed by atoms with Gasteiger partial charge in [0.25, 0.3) is 5.91 Å². The van der Waals surface area contributed by atoms with Crippen LogP contribution in [0.3, 0.4) is 0 Å². The Morgan fingerprint density at radius 1 is 1.30 bits per heavy atom. The van der Waals surface area contributed by atoms with Gasteiger partial charge in [-0.1, -0.05) is 19.8 Å². The number of rotatable bonds is 6. The predicted octanol–water partition coefficient (Wildman–Crippen LogP) is 2.56. The number of nitrogens with zero attached hydrogens (tertiary/aromatic N) is 3. The van der Waals surface area contributed by atoms with Gasteiger partial charge in [0, 0.05) is 25.7 Å². The minimum atomic E-state index is -0.399. The van der Waals surface area contributed by atoms with Gasteiger partial charge >= 0.3 is 0 Å². The summed E-state index contributed by atoms with van der Waals surface area (Å²) in [5.74, 6) is 0.600. The number of amides is 2. The summed E-state index contributed by atoms with van der Waals surface area (Å²) in [5, 5.41) is 7.11. The first-order chi connectivity index (χ1) is 13.0. The van der Waals surface area contributed by atoms with Crippen LogP contribution in [0.25, 0.3) is 11.3 Å². The predicted molar refractivity (Wildman–Crippen MR) is 103 cm³/mol. The van der Waals surface area contributed by atoms with E-state index in [0.717, 1.165) is 24.2 Å². The third kappa shape index (κ3) is 3.97. The van der Waals surface area contributed by atoms with E-state index in [0.29, 0.717) is 30.9 Å². The van der Waals surface area contributed by atoms with Crippen LogP contribution in [0.5, 0.6) is 5.75 Å². The summed E-state index contributed by atoms with van der Waals surface area (Å²) < 4.78 is 5.17. The summed E-state index contributed by atoms with van der Waals surface area (Å²) in [6.45, 7) is 3.16. The molecule has 1 aliphatic heterocycles. The van der Waals surface area contributed by atoms with Gasteiger partial charge in [-0.3, -0.25) is 14.7 Å². The number of methoxy groups -OCH3 is 1. The highest BCUT2D eigenvalue weighted by atomic mass is 16.5. The molecule has 1 atom stereocenters. The molecule has 1 saturated heterocycles. The lowest BCUT2D eigenvalue weighted by Crippen LogP contribution is -2.57. The smallest absolute Gasteiger partial charge is 0.272 e. The van der Waals surface area contributed by atoms with E-state index >= 15 is 0 Å². The van der Waals surface area contributed by atoms with Gasteiger partial charge in [0.1, 0.15) is 17.5 Å². The van der Waals surface area contributed by atoms with Crippen molar-refractivity contribution in [3.8, 4) is 17.0 Å². The number of benzene rings is 1. The number of unbranched alkanes of at least 4 members (excludes halogenated alkanes) is 1. The number of aromatic nitrogens is 2. The topological polar surface area (TPSA) is 78.5 Å². The molecule has 1 aromatic heterocycles. The molecular formula is C20H26N4O3. The Balaban J connectivity index is 1.79. The van der Waals surface area contributed by atoms with Crippen LogP contribution >= 0.6 is 0 Å². The number of nitrogens with one attached hydrogen (secondary N) is 1. The molecule has 144 valence electrons. The summed E-state index contributed by atoms with van der Waals surface area (Å²) in [4.78, 5) is 29.0. The zero-order valence-corrected chi connectivity index (χ0v) is 16.1. The molecule has 0 spiro atoms. The minimum absolute atomic E-state index is 0.0120. The van der Waals surface area contributed by atoms with Crippen molar-refractivity contribution >= 4 is 11.8 Å². The molecule has 0 aliphatic carbocycles. The Morgan fingerprint density at radius 2 is 2.04 bits per heavy atom. The molecule has 7 nitrogen and oxygen atoms in total. The van der Waals surface area contributed by atoms with E-state index in [9.17, 15) is 9.59 Å². The third-order valence-electron chi connectivity index (χ3n) is 5.00. The standard InChI is InChI=1S/C20H26N4O3/c1-4-5-6-18-20(26)23(2)11-12-24(18)19(25)17-13-16(21-22-17)14-7-9-15(27-3)10-8-14/h7-10,13,18H,4-6,11-12H2,1-3H3,(H,21,22)/t18-/m0/s1. The molecule has 1 aliphatic rings. The molecule has 1 aromatic carbocycles. The summed E-state index contributed by atoms with van der Waals surface area (Å²) in [6.07, 6.45) is 2.58. The molecule has 0 bridgehead atoms. The largest absolute Gasteiger partial charge is 0.497 e. The van der Waals surface area contributed by atoms with E-state index in [-0.39, 0.29) is 11.8 Å². The van der Waals surface area contributed by atoms with E-state index in [2.05, 4.69) is 17.1 Å². The van der Waals surface area contributed by atoms with E-state index in [1.54, 1.807) is 30.0 Å². The third-order valence-corrected chi connectivity index (χ3v) is 5.00. The molecule has 7 heteroatoms. The molecular weight excluding hydrogens is 344 g/mol. The maximum Gasteiger partial charge on any atom is 0.272 e. The molecule has 3 rings (SSSR count). The van der Waals surface area contributed by atoms with Gasteiger partial charge in [0.15, 0.2) is 0 Å². The second-order valence-electron chi connectivity index (χ2n) is 6.81. The number of carbonyl (C=O) groups excluding carboxylic acids is 2. The Kier molecular flexibility index (Phi) is 5.78. The first-order valence-corrected chi connectivity index (χ1v) is 9.31. The quantitative estimate of drug-likeness (QED) is 0.848. The zero-order chi connectivity index (χ0) is 19.4. The fourth-order valence-corrected chi connectivity index (χ4v) is 3.33. The van der Waals surface area contributed by atoms with Crippen molar-refractivity contribution in [2.45, 2.75) is 32.2 Å². The van der Waals surface area contributed by atoms with Crippen LogP contribution in [0.15, 0.2) is 30.3 Å². The first-order valence-electron chi connectivity index (χ1n) is 9.31. The van der Waals surface area contributed by atoms with Gasteiger partial charge in [-0.15, -0.1) is 0 Å². The highest BCUT2D eigenvalue weighted by molar-refractivity contribution is 5.97. The van der Waals surface area contributed by atoms with E-state index in [1.807, 2.05) is 24.3 Å². The minimum Gasteiger partial charge on any atom is -0.497 e. The summed E-state index contributed by atoms with van der Waals surface area (Å²) >= 11 is 0. The lowest BCUT2D eigenvalue weighted by Gasteiger charge is -2.39. The fourth-order valence-electron chi connectivity index (χ4n) is 3.33. The number of H-pyrrole nitrogens is 1. The second-order valence-corrected chi connectivity index (χ2v) is 6.81. The van der Waals surface area contributed by atoms with Crippen molar-refractivity contribution in [2.75, 3.05) is 27.2 Å². The van der Waals surface area contributed by atoms with Crippen molar-refractivity contribution < 1.29 is 14.3 Å². The molecule has 1 N–H and O–H groups in total. The van der Waals surface area contributed by atoms with Crippen molar-refractivity contribution in [1.29, 1.82) is 0 Å². The molecule has 2 aromatic rings. The van der Waals surface area contributed by atoms with Gasteiger partial charge in [0.05, 0.1) is 12.8 Å². The monoisotopic (exact) mass is 370 g/mol. The molecule has 27 heavy (non-hydrogen) atoms. The van der Waals surface area contributed by atoms with Crippen LogP contribution in [0.4, 0.5) is 0 Å². The molecule has 0 saturated carbocycles. The van der Waals surface area contributed by atoms with E-state index in [4.69, 9.17) is 4.74 Å². The molecule has 2 amide bonds. The highest BCUT2D eigenvalue weighted by Gasteiger charge is 2.36.